The van der Waals surface area contributed by atoms with Crippen LogP contribution in [0.5, 0.6) is 0 Å². The average Bonchev–Trinajstić information content (AvgIpc) is 2.32. The minimum Gasteiger partial charge on any atom is -0.480 e. The normalized spacial score (nSPS) is 14.9. The number of carboxylic acid groups (broad SMARTS) is 1. The number of carbonyl (C=O) groups is 1. The van der Waals surface area contributed by atoms with E-state index >= 15 is 0 Å². The highest BCUT2D eigenvalue weighted by Gasteiger charge is 2.27. The molecule has 3 nitrogen and oxygen atoms in total. The number of hydrogen-bond acceptors (Lipinski definition) is 3. The van der Waals surface area contributed by atoms with E-state index in [0.717, 1.165) is 5.56 Å². The molecule has 0 radical (unpaired) electrons. The third kappa shape index (κ3) is 5.17. The first kappa shape index (κ1) is 17.6. The number of aliphatic carboxylic acids is 1. The van der Waals surface area contributed by atoms with Crippen LogP contribution in [0.2, 0.25) is 10.0 Å². The van der Waals surface area contributed by atoms with Crippen LogP contribution in [0.15, 0.2) is 18.2 Å². The van der Waals surface area contributed by atoms with E-state index in [1.54, 1.807) is 18.2 Å². The third-order valence-electron chi connectivity index (χ3n) is 2.86. The number of nitrogens with one attached hydrogen (secondary N) is 1. The lowest BCUT2D eigenvalue weighted by Gasteiger charge is -2.27. The van der Waals surface area contributed by atoms with Gasteiger partial charge in [0.1, 0.15) is 5.25 Å². The lowest BCUT2D eigenvalue weighted by atomic mass is 9.94. The monoisotopic (exact) mass is 335 g/mol. The molecule has 6 heteroatoms. The zero-order chi connectivity index (χ0) is 15.5. The average molecular weight is 336 g/mol. The van der Waals surface area contributed by atoms with Crippen molar-refractivity contribution >= 4 is 41.8 Å². The molecular formula is C14H19Cl2NO2S. The first-order chi connectivity index (χ1) is 9.11. The van der Waals surface area contributed by atoms with E-state index in [-0.39, 0.29) is 11.5 Å². The summed E-state index contributed by atoms with van der Waals surface area (Å²) >= 11 is 16.1. The van der Waals surface area contributed by atoms with Gasteiger partial charge in [0, 0.05) is 18.0 Å². The van der Waals surface area contributed by atoms with E-state index in [9.17, 15) is 9.90 Å². The molecule has 20 heavy (non-hydrogen) atoms. The molecule has 1 rings (SSSR count). The van der Waals surface area contributed by atoms with Crippen molar-refractivity contribution in [3.05, 3.63) is 33.8 Å². The Morgan fingerprint density at radius 2 is 1.95 bits per heavy atom. The molecule has 0 amide bonds. The van der Waals surface area contributed by atoms with Crippen LogP contribution in [0.25, 0.3) is 0 Å². The van der Waals surface area contributed by atoms with E-state index in [1.165, 1.54) is 0 Å². The molecule has 2 unspecified atom stereocenters. The van der Waals surface area contributed by atoms with Crippen molar-refractivity contribution in [3.8, 4) is 0 Å². The van der Waals surface area contributed by atoms with Crippen LogP contribution in [-0.4, -0.2) is 28.4 Å². The zero-order valence-corrected chi connectivity index (χ0v) is 14.1. The molecule has 0 heterocycles. The molecule has 0 fully saturated rings. The van der Waals surface area contributed by atoms with Gasteiger partial charge in [-0.1, -0.05) is 29.3 Å². The fraction of sp³-hybridized carbons (Fsp3) is 0.500. The van der Waals surface area contributed by atoms with Gasteiger partial charge in [-0.2, -0.15) is 12.6 Å². The van der Waals surface area contributed by atoms with Crippen molar-refractivity contribution in [1.82, 2.24) is 5.32 Å². The van der Waals surface area contributed by atoms with Gasteiger partial charge in [-0.15, -0.1) is 0 Å². The fourth-order valence-corrected chi connectivity index (χ4v) is 2.33. The Hall–Kier alpha value is -0.420. The first-order valence-electron chi connectivity index (χ1n) is 6.22. The molecule has 2 atom stereocenters. The maximum Gasteiger partial charge on any atom is 0.317 e. The molecule has 112 valence electrons. The van der Waals surface area contributed by atoms with Crippen molar-refractivity contribution < 1.29 is 9.90 Å². The quantitative estimate of drug-likeness (QED) is 0.716. The second-order valence-electron chi connectivity index (χ2n) is 5.69. The molecule has 2 N–H and O–H groups in total. The predicted molar refractivity (Wildman–Crippen MR) is 87.4 cm³/mol. The van der Waals surface area contributed by atoms with E-state index in [4.69, 9.17) is 23.2 Å². The Balaban J connectivity index is 3.03. The summed E-state index contributed by atoms with van der Waals surface area (Å²) in [5, 5.41) is 12.5. The molecule has 0 aliphatic carbocycles. The maximum absolute atomic E-state index is 11.2. The maximum atomic E-state index is 11.2. The molecule has 0 spiro atoms. The van der Waals surface area contributed by atoms with Gasteiger partial charge in [-0.3, -0.25) is 4.79 Å². The van der Waals surface area contributed by atoms with Crippen molar-refractivity contribution in [2.75, 3.05) is 6.54 Å². The van der Waals surface area contributed by atoms with Gasteiger partial charge < -0.3 is 10.4 Å². The summed E-state index contributed by atoms with van der Waals surface area (Å²) in [7, 11) is 0. The summed E-state index contributed by atoms with van der Waals surface area (Å²) in [6, 6.07) is 5.16. The summed E-state index contributed by atoms with van der Waals surface area (Å²) in [6.45, 7) is 6.55. The van der Waals surface area contributed by atoms with Crippen LogP contribution in [0.3, 0.4) is 0 Å². The standard InChI is InChI=1S/C14H19Cl2NO2S/c1-14(2,3)17-7-9(12(20)13(18)19)8-4-5-10(15)11(16)6-8/h4-6,9,12,17,20H,7H2,1-3H3,(H,18,19). The van der Waals surface area contributed by atoms with Gasteiger partial charge in [-0.25, -0.2) is 0 Å². The van der Waals surface area contributed by atoms with E-state index in [2.05, 4.69) is 17.9 Å². The SMILES string of the molecule is CC(C)(C)NCC(c1ccc(Cl)c(Cl)c1)C(S)C(=O)O. The van der Waals surface area contributed by atoms with Crippen LogP contribution < -0.4 is 5.32 Å². The minimum absolute atomic E-state index is 0.111. The molecular weight excluding hydrogens is 317 g/mol. The Morgan fingerprint density at radius 3 is 2.40 bits per heavy atom. The summed E-state index contributed by atoms with van der Waals surface area (Å²) in [6.07, 6.45) is 0. The molecule has 0 aliphatic heterocycles. The summed E-state index contributed by atoms with van der Waals surface area (Å²) in [4.78, 5) is 11.2. The second kappa shape index (κ2) is 7.03. The number of thiol groups is 1. The molecule has 1 aromatic rings. The van der Waals surface area contributed by atoms with Gasteiger partial charge in [0.25, 0.3) is 0 Å². The lowest BCUT2D eigenvalue weighted by molar-refractivity contribution is -0.136. The van der Waals surface area contributed by atoms with E-state index in [1.807, 2.05) is 20.8 Å². The molecule has 0 aliphatic rings. The van der Waals surface area contributed by atoms with E-state index < -0.39 is 11.2 Å². The van der Waals surface area contributed by atoms with Crippen molar-refractivity contribution in [3.63, 3.8) is 0 Å². The number of halogens is 2. The second-order valence-corrected chi connectivity index (χ2v) is 7.06. The van der Waals surface area contributed by atoms with Crippen molar-refractivity contribution in [2.24, 2.45) is 0 Å². The minimum atomic E-state index is -0.958. The van der Waals surface area contributed by atoms with Crippen LogP contribution in [-0.2, 0) is 4.79 Å². The van der Waals surface area contributed by atoms with Gasteiger partial charge in [-0.05, 0) is 38.5 Å². The number of benzene rings is 1. The van der Waals surface area contributed by atoms with Crippen LogP contribution in [0.4, 0.5) is 0 Å². The topological polar surface area (TPSA) is 49.3 Å². The summed E-state index contributed by atoms with van der Waals surface area (Å²) < 4.78 is 0. The number of hydrogen-bond donors (Lipinski definition) is 3. The van der Waals surface area contributed by atoms with Gasteiger partial charge in [0.15, 0.2) is 0 Å². The fourth-order valence-electron chi connectivity index (χ4n) is 1.74. The van der Waals surface area contributed by atoms with Crippen LogP contribution >= 0.6 is 35.8 Å². The lowest BCUT2D eigenvalue weighted by Crippen LogP contribution is -2.41. The molecule has 0 bridgehead atoms. The summed E-state index contributed by atoms with van der Waals surface area (Å²) in [5.41, 5.74) is 0.694. The van der Waals surface area contributed by atoms with Crippen molar-refractivity contribution in [2.45, 2.75) is 37.5 Å². The largest absolute Gasteiger partial charge is 0.480 e. The Kier molecular flexibility index (Phi) is 6.20. The van der Waals surface area contributed by atoms with Gasteiger partial charge in [0.2, 0.25) is 0 Å². The van der Waals surface area contributed by atoms with Gasteiger partial charge >= 0.3 is 5.97 Å². The van der Waals surface area contributed by atoms with Gasteiger partial charge in [0.05, 0.1) is 10.0 Å². The molecule has 1 aromatic carbocycles. The highest BCUT2D eigenvalue weighted by Crippen LogP contribution is 2.30. The zero-order valence-electron chi connectivity index (χ0n) is 11.7. The highest BCUT2D eigenvalue weighted by atomic mass is 35.5. The molecule has 0 aromatic heterocycles. The number of rotatable bonds is 5. The highest BCUT2D eigenvalue weighted by molar-refractivity contribution is 7.81. The Morgan fingerprint density at radius 1 is 1.35 bits per heavy atom. The number of carboxylic acids is 1. The Labute approximate surface area is 135 Å². The summed E-state index contributed by atoms with van der Waals surface area (Å²) in [5.74, 6) is -1.26. The smallest absolute Gasteiger partial charge is 0.317 e. The third-order valence-corrected chi connectivity index (χ3v) is 4.18. The van der Waals surface area contributed by atoms with Crippen molar-refractivity contribution in [1.29, 1.82) is 0 Å². The molecule has 0 saturated heterocycles. The first-order valence-corrected chi connectivity index (χ1v) is 7.50. The van der Waals surface area contributed by atoms with Crippen LogP contribution in [0.1, 0.15) is 32.3 Å². The van der Waals surface area contributed by atoms with E-state index in [0.29, 0.717) is 16.6 Å². The van der Waals surface area contributed by atoms with Crippen LogP contribution in [0, 0.1) is 0 Å². The predicted octanol–water partition coefficient (Wildman–Crippen LogP) is 3.85. The molecule has 0 saturated carbocycles. The Bertz CT molecular complexity index is 489.